The molecule has 0 N–H and O–H groups in total. The number of allylic oxidation sites excluding steroid dienone is 1. The molecule has 28 heavy (non-hydrogen) atoms. The molecule has 0 saturated heterocycles. The lowest BCUT2D eigenvalue weighted by Crippen LogP contribution is -2.28. The Hall–Kier alpha value is -2.37. The molecule has 0 aliphatic rings. The summed E-state index contributed by atoms with van der Waals surface area (Å²) in [7, 11) is 4.23. The maximum atomic E-state index is 12.7. The van der Waals surface area contributed by atoms with Crippen molar-refractivity contribution in [2.75, 3.05) is 34.5 Å². The molecule has 0 saturated carbocycles. The first-order valence-electron chi connectivity index (χ1n) is 8.87. The van der Waals surface area contributed by atoms with Gasteiger partial charge in [-0.15, -0.1) is 0 Å². The lowest BCUT2D eigenvalue weighted by molar-refractivity contribution is -0.149. The van der Waals surface area contributed by atoms with Crippen LogP contribution >= 0.6 is 0 Å². The molecule has 0 aromatic rings. The normalized spacial score (nSPS) is 12.4. The fourth-order valence-corrected chi connectivity index (χ4v) is 2.32. The number of hydrogen-bond donors (Lipinski definition) is 0. The van der Waals surface area contributed by atoms with E-state index in [1.54, 1.807) is 13.8 Å². The molecule has 0 bridgehead atoms. The van der Waals surface area contributed by atoms with Crippen LogP contribution in [0.5, 0.6) is 0 Å². The lowest BCUT2D eigenvalue weighted by Gasteiger charge is -2.22. The van der Waals surface area contributed by atoms with E-state index in [2.05, 4.69) is 23.2 Å². The van der Waals surface area contributed by atoms with Crippen LogP contribution in [0.3, 0.4) is 0 Å². The highest BCUT2D eigenvalue weighted by molar-refractivity contribution is 5.99. The number of Topliss-reactive ketones (excluding diaryl/α,β-unsaturated/α-hetero) is 1. The maximum Gasteiger partial charge on any atom is 0.509 e. The molecule has 8 nitrogen and oxygen atoms in total. The third-order valence-corrected chi connectivity index (χ3v) is 3.98. The number of esters is 1. The maximum absolute atomic E-state index is 12.7. The standard InChI is InChI=1S/C20H30O8/c1-7-27-20(23)28-11-9-8-10-16(19(22)26-6)17(21)12-15(14(2)3)13-18(24-4)25-5/h15-16,18H,2,7,10-13H2,1,3-6H3/t15-,16?/m0/s1. The number of methoxy groups -OCH3 is 3. The molecule has 2 atom stereocenters. The predicted molar refractivity (Wildman–Crippen MR) is 101 cm³/mol. The first kappa shape index (κ1) is 25.6. The van der Waals surface area contributed by atoms with Gasteiger partial charge in [-0.05, 0) is 19.8 Å². The van der Waals surface area contributed by atoms with Crippen molar-refractivity contribution in [2.45, 2.75) is 39.4 Å². The number of carbonyl (C=O) groups is 3. The number of hydrogen-bond acceptors (Lipinski definition) is 8. The second-order valence-electron chi connectivity index (χ2n) is 5.96. The van der Waals surface area contributed by atoms with Crippen LogP contribution < -0.4 is 0 Å². The second kappa shape index (κ2) is 14.7. The first-order chi connectivity index (χ1) is 13.3. The van der Waals surface area contributed by atoms with Gasteiger partial charge in [-0.25, -0.2) is 4.79 Å². The van der Waals surface area contributed by atoms with E-state index in [0.717, 1.165) is 5.57 Å². The molecule has 0 amide bonds. The summed E-state index contributed by atoms with van der Waals surface area (Å²) in [4.78, 5) is 35.7. The van der Waals surface area contributed by atoms with Crippen molar-refractivity contribution in [1.82, 2.24) is 0 Å². The molecule has 1 unspecified atom stereocenters. The highest BCUT2D eigenvalue weighted by Crippen LogP contribution is 2.24. The Morgan fingerprint density at radius 3 is 2.18 bits per heavy atom. The van der Waals surface area contributed by atoms with Crippen molar-refractivity contribution in [2.24, 2.45) is 11.8 Å². The zero-order valence-electron chi connectivity index (χ0n) is 17.2. The topological polar surface area (TPSA) is 97.4 Å². The summed E-state index contributed by atoms with van der Waals surface area (Å²) in [6.07, 6.45) is -0.836. The van der Waals surface area contributed by atoms with Crippen LogP contribution in [0.25, 0.3) is 0 Å². The molecular weight excluding hydrogens is 368 g/mol. The average Bonchev–Trinajstić information content (AvgIpc) is 2.67. The van der Waals surface area contributed by atoms with E-state index in [9.17, 15) is 14.4 Å². The van der Waals surface area contributed by atoms with Crippen molar-refractivity contribution in [1.29, 1.82) is 0 Å². The van der Waals surface area contributed by atoms with Crippen LogP contribution in [0.15, 0.2) is 12.2 Å². The summed E-state index contributed by atoms with van der Waals surface area (Å²) in [6, 6.07) is 0. The number of ether oxygens (including phenoxy) is 5. The summed E-state index contributed by atoms with van der Waals surface area (Å²) < 4.78 is 24.4. The zero-order valence-corrected chi connectivity index (χ0v) is 17.2. The van der Waals surface area contributed by atoms with Crippen LogP contribution in [0.4, 0.5) is 4.79 Å². The molecule has 0 radical (unpaired) electrons. The van der Waals surface area contributed by atoms with E-state index in [4.69, 9.17) is 18.9 Å². The molecule has 0 aromatic carbocycles. The van der Waals surface area contributed by atoms with Crippen LogP contribution in [0.2, 0.25) is 0 Å². The molecule has 0 aliphatic carbocycles. The SMILES string of the molecule is C=C(C)[C@@H](CC(=O)C(CC#CCOC(=O)OCC)C(=O)OC)CC(OC)OC. The van der Waals surface area contributed by atoms with Gasteiger partial charge in [0.15, 0.2) is 12.9 Å². The van der Waals surface area contributed by atoms with Gasteiger partial charge >= 0.3 is 12.1 Å². The Morgan fingerprint density at radius 1 is 1.04 bits per heavy atom. The number of rotatable bonds is 12. The minimum atomic E-state index is -1.04. The third-order valence-electron chi connectivity index (χ3n) is 3.98. The summed E-state index contributed by atoms with van der Waals surface area (Å²) in [5, 5.41) is 0. The van der Waals surface area contributed by atoms with E-state index in [1.807, 2.05) is 0 Å². The van der Waals surface area contributed by atoms with Gasteiger partial charge in [0.05, 0.1) is 13.7 Å². The quantitative estimate of drug-likeness (QED) is 0.163. The molecule has 0 fully saturated rings. The third kappa shape index (κ3) is 10.1. The van der Waals surface area contributed by atoms with E-state index in [1.165, 1.54) is 21.3 Å². The number of ketones is 1. The van der Waals surface area contributed by atoms with Gasteiger partial charge in [0.1, 0.15) is 11.7 Å². The fraction of sp³-hybridized carbons (Fsp3) is 0.650. The monoisotopic (exact) mass is 398 g/mol. The smallest absolute Gasteiger partial charge is 0.468 e. The van der Waals surface area contributed by atoms with Gasteiger partial charge in [0.2, 0.25) is 0 Å². The first-order valence-corrected chi connectivity index (χ1v) is 8.87. The Balaban J connectivity index is 4.95. The average molecular weight is 398 g/mol. The Bertz CT molecular complexity index is 583. The van der Waals surface area contributed by atoms with E-state index in [0.29, 0.717) is 6.42 Å². The van der Waals surface area contributed by atoms with E-state index in [-0.39, 0.29) is 37.8 Å². The molecule has 0 spiro atoms. The predicted octanol–water partition coefficient (Wildman–Crippen LogP) is 2.50. The highest BCUT2D eigenvalue weighted by atomic mass is 16.7. The van der Waals surface area contributed by atoms with E-state index >= 15 is 0 Å². The van der Waals surface area contributed by atoms with E-state index < -0.39 is 24.3 Å². The van der Waals surface area contributed by atoms with Gasteiger partial charge in [-0.1, -0.05) is 24.0 Å². The minimum Gasteiger partial charge on any atom is -0.468 e. The minimum absolute atomic E-state index is 0.0431. The fourth-order valence-electron chi connectivity index (χ4n) is 2.32. The molecule has 158 valence electrons. The van der Waals surface area contributed by atoms with Crippen LogP contribution in [0, 0.1) is 23.7 Å². The van der Waals surface area contributed by atoms with Crippen molar-refractivity contribution in [3.8, 4) is 11.8 Å². The largest absolute Gasteiger partial charge is 0.509 e. The molecule has 0 rings (SSSR count). The van der Waals surface area contributed by atoms with Gasteiger partial charge in [0.25, 0.3) is 0 Å². The molecular formula is C20H30O8. The van der Waals surface area contributed by atoms with Crippen LogP contribution in [0.1, 0.15) is 33.1 Å². The summed E-state index contributed by atoms with van der Waals surface area (Å²) in [5.41, 5.74) is 0.782. The van der Waals surface area contributed by atoms with Gasteiger partial charge in [-0.3, -0.25) is 9.59 Å². The molecule has 0 aromatic heterocycles. The van der Waals surface area contributed by atoms with Crippen LogP contribution in [-0.4, -0.2) is 58.7 Å². The Morgan fingerprint density at radius 2 is 1.68 bits per heavy atom. The summed E-state index contributed by atoms with van der Waals surface area (Å²) in [6.45, 7) is 7.36. The Labute approximate surface area is 166 Å². The number of carbonyl (C=O) groups excluding carboxylic acids is 3. The van der Waals surface area contributed by atoms with Gasteiger partial charge < -0.3 is 23.7 Å². The van der Waals surface area contributed by atoms with Gasteiger partial charge in [0, 0.05) is 33.5 Å². The zero-order chi connectivity index (χ0) is 21.5. The molecule has 8 heteroatoms. The molecule has 0 heterocycles. The lowest BCUT2D eigenvalue weighted by atomic mass is 9.87. The van der Waals surface area contributed by atoms with Gasteiger partial charge in [-0.2, -0.15) is 0 Å². The van der Waals surface area contributed by atoms with Crippen molar-refractivity contribution < 1.29 is 38.1 Å². The summed E-state index contributed by atoms with van der Waals surface area (Å²) >= 11 is 0. The van der Waals surface area contributed by atoms with Crippen molar-refractivity contribution in [3.63, 3.8) is 0 Å². The van der Waals surface area contributed by atoms with Crippen molar-refractivity contribution in [3.05, 3.63) is 12.2 Å². The summed E-state index contributed by atoms with van der Waals surface area (Å²) in [5.74, 6) is 3.01. The second-order valence-corrected chi connectivity index (χ2v) is 5.96. The Kier molecular flexibility index (Phi) is 13.4. The highest BCUT2D eigenvalue weighted by Gasteiger charge is 2.30. The molecule has 0 aliphatic heterocycles. The van der Waals surface area contributed by atoms with Crippen LogP contribution in [-0.2, 0) is 33.3 Å². The van der Waals surface area contributed by atoms with Crippen molar-refractivity contribution >= 4 is 17.9 Å².